The van der Waals surface area contributed by atoms with Crippen LogP contribution in [0.15, 0.2) is 59.5 Å². The lowest BCUT2D eigenvalue weighted by Gasteiger charge is -2.30. The van der Waals surface area contributed by atoms with E-state index in [1.807, 2.05) is 18.2 Å². The third-order valence-corrected chi connectivity index (χ3v) is 7.59. The van der Waals surface area contributed by atoms with E-state index in [0.717, 1.165) is 0 Å². The Morgan fingerprint density at radius 1 is 1.11 bits per heavy atom. The van der Waals surface area contributed by atoms with Gasteiger partial charge in [0, 0.05) is 0 Å². The summed E-state index contributed by atoms with van der Waals surface area (Å²) >= 11 is 0. The van der Waals surface area contributed by atoms with E-state index in [4.69, 9.17) is 14.7 Å². The Morgan fingerprint density at radius 3 is 2.41 bits per heavy atom. The molecule has 2 aliphatic rings. The first-order valence-corrected chi connectivity index (χ1v) is 10.1. The molecule has 2 saturated heterocycles. The highest BCUT2D eigenvalue weighted by Crippen LogP contribution is 2.53. The van der Waals surface area contributed by atoms with Crippen LogP contribution in [0.3, 0.4) is 0 Å². The minimum absolute atomic E-state index is 0.0567. The van der Waals surface area contributed by atoms with Gasteiger partial charge in [-0.1, -0.05) is 18.2 Å². The summed E-state index contributed by atoms with van der Waals surface area (Å²) in [4.78, 5) is 10.4. The van der Waals surface area contributed by atoms with Crippen molar-refractivity contribution in [3.8, 4) is 11.5 Å². The Kier molecular flexibility index (Phi) is 4.41. The van der Waals surface area contributed by atoms with Crippen LogP contribution in [0, 0.1) is 5.92 Å². The molecule has 2 aromatic rings. The molecule has 2 heterocycles. The molecular formula is C19H19NO6S. The van der Waals surface area contributed by atoms with Crippen LogP contribution in [0.25, 0.3) is 0 Å². The van der Waals surface area contributed by atoms with Gasteiger partial charge in [0.25, 0.3) is 5.91 Å². The standard InChI is InChI=1S/C19H19NO6S/c21-18(20-22)17-12-15-10-11-19(17,26-15)27(23,24)16-8-6-14(7-9-16)25-13-4-2-1-3-5-13/h1-9,15,17,22H,10-12H2,(H,20,21). The second-order valence-corrected chi connectivity index (χ2v) is 8.91. The summed E-state index contributed by atoms with van der Waals surface area (Å²) in [5.74, 6) is -0.528. The number of para-hydroxylation sites is 1. The van der Waals surface area contributed by atoms with Gasteiger partial charge in [0.2, 0.25) is 9.84 Å². The summed E-state index contributed by atoms with van der Waals surface area (Å²) in [5, 5.41) is 8.98. The predicted molar refractivity (Wildman–Crippen MR) is 95.0 cm³/mol. The highest BCUT2D eigenvalue weighted by molar-refractivity contribution is 7.92. The summed E-state index contributed by atoms with van der Waals surface area (Å²) in [7, 11) is -3.95. The van der Waals surface area contributed by atoms with Crippen molar-refractivity contribution in [2.75, 3.05) is 0 Å². The summed E-state index contributed by atoms with van der Waals surface area (Å²) in [6.07, 6.45) is 0.785. The molecule has 0 saturated carbocycles. The van der Waals surface area contributed by atoms with Gasteiger partial charge in [-0.05, 0) is 55.7 Å². The average Bonchev–Trinajstić information content (AvgIpc) is 3.29. The van der Waals surface area contributed by atoms with Crippen molar-refractivity contribution < 1.29 is 27.9 Å². The van der Waals surface area contributed by atoms with Crippen molar-refractivity contribution in [3.05, 3.63) is 54.6 Å². The molecule has 2 bridgehead atoms. The van der Waals surface area contributed by atoms with E-state index in [1.54, 1.807) is 29.7 Å². The van der Waals surface area contributed by atoms with Crippen molar-refractivity contribution in [3.63, 3.8) is 0 Å². The minimum Gasteiger partial charge on any atom is -0.457 e. The summed E-state index contributed by atoms with van der Waals surface area (Å²) in [6, 6.07) is 15.2. The number of sulfone groups is 1. The maximum absolute atomic E-state index is 13.3. The topological polar surface area (TPSA) is 102 Å². The van der Waals surface area contributed by atoms with Crippen LogP contribution in [0.2, 0.25) is 0 Å². The van der Waals surface area contributed by atoms with Gasteiger partial charge in [-0.3, -0.25) is 10.0 Å². The van der Waals surface area contributed by atoms with Crippen molar-refractivity contribution in [2.45, 2.75) is 35.2 Å². The number of carbonyl (C=O) groups excluding carboxylic acids is 1. The van der Waals surface area contributed by atoms with Gasteiger partial charge in [-0.2, -0.15) is 0 Å². The monoisotopic (exact) mass is 389 g/mol. The van der Waals surface area contributed by atoms with Crippen LogP contribution < -0.4 is 10.2 Å². The van der Waals surface area contributed by atoms with Gasteiger partial charge in [0.15, 0.2) is 4.93 Å². The Labute approximate surface area is 156 Å². The fraction of sp³-hybridized carbons (Fsp3) is 0.316. The predicted octanol–water partition coefficient (Wildman–Crippen LogP) is 2.65. The van der Waals surface area contributed by atoms with Crippen LogP contribution in [0.5, 0.6) is 11.5 Å². The molecular weight excluding hydrogens is 370 g/mol. The Morgan fingerprint density at radius 2 is 1.78 bits per heavy atom. The highest BCUT2D eigenvalue weighted by Gasteiger charge is 2.64. The Bertz CT molecular complexity index is 944. The number of benzene rings is 2. The molecule has 1 amide bonds. The highest BCUT2D eigenvalue weighted by atomic mass is 32.2. The number of carbonyl (C=O) groups is 1. The fourth-order valence-electron chi connectivity index (χ4n) is 3.91. The van der Waals surface area contributed by atoms with E-state index in [9.17, 15) is 13.2 Å². The van der Waals surface area contributed by atoms with Crippen LogP contribution in [-0.2, 0) is 19.4 Å². The van der Waals surface area contributed by atoms with Gasteiger partial charge in [0.05, 0.1) is 16.9 Å². The van der Waals surface area contributed by atoms with Gasteiger partial charge in [0.1, 0.15) is 11.5 Å². The summed E-state index contributed by atoms with van der Waals surface area (Å²) in [6.45, 7) is 0. The number of rotatable bonds is 5. The Balaban J connectivity index is 1.63. The largest absolute Gasteiger partial charge is 0.457 e. The van der Waals surface area contributed by atoms with Crippen molar-refractivity contribution in [1.29, 1.82) is 0 Å². The molecule has 2 aromatic carbocycles. The molecule has 8 heteroatoms. The average molecular weight is 389 g/mol. The molecule has 0 spiro atoms. The van der Waals surface area contributed by atoms with Gasteiger partial charge in [-0.15, -0.1) is 0 Å². The second-order valence-electron chi connectivity index (χ2n) is 6.74. The molecule has 7 nitrogen and oxygen atoms in total. The minimum atomic E-state index is -3.95. The SMILES string of the molecule is O=C(NO)C1CC2CCC1(S(=O)(=O)c1ccc(Oc3ccccc3)cc1)O2. The van der Waals surface area contributed by atoms with Crippen molar-refractivity contribution in [2.24, 2.45) is 5.92 Å². The molecule has 142 valence electrons. The molecule has 2 aliphatic heterocycles. The molecule has 2 fully saturated rings. The third kappa shape index (κ3) is 2.90. The van der Waals surface area contributed by atoms with E-state index >= 15 is 0 Å². The van der Waals surface area contributed by atoms with E-state index in [1.165, 1.54) is 12.1 Å². The lowest BCUT2D eigenvalue weighted by molar-refractivity contribution is -0.136. The zero-order chi connectivity index (χ0) is 19.1. The first-order chi connectivity index (χ1) is 13.0. The number of fused-ring (bicyclic) bond motifs is 2. The quantitative estimate of drug-likeness (QED) is 0.602. The first kappa shape index (κ1) is 18.0. The van der Waals surface area contributed by atoms with E-state index in [0.29, 0.717) is 17.9 Å². The summed E-state index contributed by atoms with van der Waals surface area (Å²) < 4.78 is 38.0. The molecule has 0 aromatic heterocycles. The number of hydrogen-bond donors (Lipinski definition) is 2. The van der Waals surface area contributed by atoms with Crippen molar-refractivity contribution in [1.82, 2.24) is 5.48 Å². The lowest BCUT2D eigenvalue weighted by atomic mass is 9.88. The number of amides is 1. The first-order valence-electron chi connectivity index (χ1n) is 8.66. The number of ether oxygens (including phenoxy) is 2. The molecule has 0 radical (unpaired) electrons. The number of hydroxylamine groups is 1. The molecule has 2 N–H and O–H groups in total. The number of nitrogens with one attached hydrogen (secondary N) is 1. The molecule has 27 heavy (non-hydrogen) atoms. The molecule has 4 rings (SSSR count). The second kappa shape index (κ2) is 6.63. The van der Waals surface area contributed by atoms with E-state index in [-0.39, 0.29) is 23.8 Å². The smallest absolute Gasteiger partial charge is 0.250 e. The van der Waals surface area contributed by atoms with E-state index in [2.05, 4.69) is 0 Å². The van der Waals surface area contributed by atoms with Crippen molar-refractivity contribution >= 4 is 15.7 Å². The van der Waals surface area contributed by atoms with Crippen LogP contribution in [0.4, 0.5) is 0 Å². The molecule has 0 aliphatic carbocycles. The molecule has 3 atom stereocenters. The van der Waals surface area contributed by atoms with Crippen LogP contribution in [0.1, 0.15) is 19.3 Å². The van der Waals surface area contributed by atoms with Crippen LogP contribution >= 0.6 is 0 Å². The van der Waals surface area contributed by atoms with Crippen LogP contribution in [-0.4, -0.2) is 30.6 Å². The molecule has 3 unspecified atom stereocenters. The van der Waals surface area contributed by atoms with Gasteiger partial charge in [-0.25, -0.2) is 13.9 Å². The summed E-state index contributed by atoms with van der Waals surface area (Å²) in [5.41, 5.74) is 1.57. The van der Waals surface area contributed by atoms with E-state index < -0.39 is 26.6 Å². The lowest BCUT2D eigenvalue weighted by Crippen LogP contribution is -2.48. The zero-order valence-electron chi connectivity index (χ0n) is 14.4. The number of hydrogen-bond acceptors (Lipinski definition) is 6. The fourth-order valence-corrected chi connectivity index (χ4v) is 6.03. The van der Waals surface area contributed by atoms with Gasteiger partial charge >= 0.3 is 0 Å². The third-order valence-electron chi connectivity index (χ3n) is 5.20. The maximum atomic E-state index is 13.3. The maximum Gasteiger partial charge on any atom is 0.250 e. The zero-order valence-corrected chi connectivity index (χ0v) is 15.2. The Hall–Kier alpha value is -2.42. The normalized spacial score (nSPS) is 26.7. The van der Waals surface area contributed by atoms with Gasteiger partial charge < -0.3 is 9.47 Å².